The van der Waals surface area contributed by atoms with E-state index in [1.54, 1.807) is 0 Å². The topological polar surface area (TPSA) is 104 Å². The number of amides is 2. The van der Waals surface area contributed by atoms with Crippen molar-refractivity contribution >= 4 is 11.8 Å². The Hall–Kier alpha value is -1.14. The molecule has 2 amide bonds. The van der Waals surface area contributed by atoms with Gasteiger partial charge in [0, 0.05) is 13.2 Å². The van der Waals surface area contributed by atoms with E-state index in [1.165, 1.54) is 0 Å². The Labute approximate surface area is 102 Å². The number of aliphatic hydroxyl groups is 1. The van der Waals surface area contributed by atoms with Gasteiger partial charge in [-0.25, -0.2) is 0 Å². The molecule has 0 aliphatic carbocycles. The van der Waals surface area contributed by atoms with Crippen molar-refractivity contribution in [2.45, 2.75) is 26.2 Å². The van der Waals surface area contributed by atoms with E-state index < -0.39 is 0 Å². The van der Waals surface area contributed by atoms with Gasteiger partial charge in [-0.2, -0.15) is 0 Å². The Bertz CT molecular complexity index is 228. The molecule has 1 atom stereocenters. The smallest absolute Gasteiger partial charge is 0.239 e. The number of hydrogen-bond donors (Lipinski definition) is 4. The van der Waals surface area contributed by atoms with Crippen LogP contribution in [0.5, 0.6) is 0 Å². The highest BCUT2D eigenvalue weighted by molar-refractivity contribution is 5.85. The quantitative estimate of drug-likeness (QED) is 0.417. The standard InChI is InChI=1S/C11H23N3O3/c1-2-3-9(4-5-15)7-13-11(17)8-14-10(16)6-12/h9,15H,2-8,12H2,1H3,(H,13,17)(H,14,16). The molecule has 100 valence electrons. The number of hydrogen-bond acceptors (Lipinski definition) is 4. The normalized spacial score (nSPS) is 11.9. The molecule has 0 aliphatic rings. The van der Waals surface area contributed by atoms with Gasteiger partial charge in [-0.15, -0.1) is 0 Å². The maximum atomic E-state index is 11.3. The van der Waals surface area contributed by atoms with Crippen LogP contribution < -0.4 is 16.4 Å². The zero-order valence-electron chi connectivity index (χ0n) is 10.4. The first kappa shape index (κ1) is 15.9. The number of carbonyl (C=O) groups excluding carboxylic acids is 2. The molecule has 0 rings (SSSR count). The van der Waals surface area contributed by atoms with Crippen LogP contribution in [0.2, 0.25) is 0 Å². The van der Waals surface area contributed by atoms with Crippen LogP contribution in [0.1, 0.15) is 26.2 Å². The Morgan fingerprint density at radius 3 is 2.47 bits per heavy atom. The van der Waals surface area contributed by atoms with Crippen LogP contribution in [0.4, 0.5) is 0 Å². The molecule has 0 bridgehead atoms. The molecular formula is C11H23N3O3. The van der Waals surface area contributed by atoms with Gasteiger partial charge < -0.3 is 21.5 Å². The van der Waals surface area contributed by atoms with Gasteiger partial charge in [0.1, 0.15) is 0 Å². The molecule has 1 unspecified atom stereocenters. The molecular weight excluding hydrogens is 222 g/mol. The summed E-state index contributed by atoms with van der Waals surface area (Å²) in [6.07, 6.45) is 2.67. The molecule has 5 N–H and O–H groups in total. The van der Waals surface area contributed by atoms with Gasteiger partial charge in [0.2, 0.25) is 11.8 Å². The molecule has 0 aliphatic heterocycles. The molecule has 0 aromatic carbocycles. The largest absolute Gasteiger partial charge is 0.396 e. The highest BCUT2D eigenvalue weighted by atomic mass is 16.3. The van der Waals surface area contributed by atoms with Crippen LogP contribution in [-0.2, 0) is 9.59 Å². The first-order valence-corrected chi connectivity index (χ1v) is 5.98. The number of nitrogens with one attached hydrogen (secondary N) is 2. The molecule has 0 aromatic rings. The van der Waals surface area contributed by atoms with Gasteiger partial charge in [0.25, 0.3) is 0 Å². The van der Waals surface area contributed by atoms with Crippen LogP contribution in [0.15, 0.2) is 0 Å². The lowest BCUT2D eigenvalue weighted by Gasteiger charge is -2.15. The van der Waals surface area contributed by atoms with E-state index in [4.69, 9.17) is 10.8 Å². The highest BCUT2D eigenvalue weighted by Gasteiger charge is 2.09. The minimum absolute atomic E-state index is 0.0476. The van der Waals surface area contributed by atoms with Crippen molar-refractivity contribution in [3.8, 4) is 0 Å². The van der Waals surface area contributed by atoms with E-state index in [1.807, 2.05) is 0 Å². The van der Waals surface area contributed by atoms with Crippen LogP contribution in [-0.4, -0.2) is 43.2 Å². The fourth-order valence-corrected chi connectivity index (χ4v) is 1.51. The van der Waals surface area contributed by atoms with E-state index in [0.717, 1.165) is 12.8 Å². The summed E-state index contributed by atoms with van der Waals surface area (Å²) in [4.78, 5) is 22.2. The molecule has 0 saturated heterocycles. The monoisotopic (exact) mass is 245 g/mol. The first-order chi connectivity index (χ1) is 8.13. The average molecular weight is 245 g/mol. The average Bonchev–Trinajstić information content (AvgIpc) is 2.33. The van der Waals surface area contributed by atoms with Crippen LogP contribution in [0.3, 0.4) is 0 Å². The Balaban J connectivity index is 3.75. The van der Waals surface area contributed by atoms with E-state index in [-0.39, 0.29) is 31.5 Å². The summed E-state index contributed by atoms with van der Waals surface area (Å²) in [5.74, 6) is -0.286. The summed E-state index contributed by atoms with van der Waals surface area (Å²) in [7, 11) is 0. The Morgan fingerprint density at radius 1 is 1.24 bits per heavy atom. The molecule has 0 heterocycles. The maximum absolute atomic E-state index is 11.3. The summed E-state index contributed by atoms with van der Waals surface area (Å²) in [5.41, 5.74) is 5.09. The number of aliphatic hydroxyl groups excluding tert-OH is 1. The third-order valence-corrected chi connectivity index (χ3v) is 2.45. The summed E-state index contributed by atoms with van der Waals surface area (Å²) < 4.78 is 0. The van der Waals surface area contributed by atoms with Gasteiger partial charge in [0.15, 0.2) is 0 Å². The SMILES string of the molecule is CCCC(CCO)CNC(=O)CNC(=O)CN. The number of rotatable bonds is 9. The van der Waals surface area contributed by atoms with Crippen LogP contribution in [0.25, 0.3) is 0 Å². The lowest BCUT2D eigenvalue weighted by molar-refractivity contribution is -0.125. The Kier molecular flexibility index (Phi) is 9.37. The zero-order valence-corrected chi connectivity index (χ0v) is 10.4. The maximum Gasteiger partial charge on any atom is 0.239 e. The van der Waals surface area contributed by atoms with E-state index >= 15 is 0 Å². The molecule has 0 aromatic heterocycles. The van der Waals surface area contributed by atoms with Crippen molar-refractivity contribution in [1.82, 2.24) is 10.6 Å². The lowest BCUT2D eigenvalue weighted by atomic mass is 10.0. The van der Waals surface area contributed by atoms with E-state index in [0.29, 0.717) is 18.9 Å². The van der Waals surface area contributed by atoms with Crippen molar-refractivity contribution in [2.75, 3.05) is 26.2 Å². The summed E-state index contributed by atoms with van der Waals surface area (Å²) in [5, 5.41) is 14.0. The summed E-state index contributed by atoms with van der Waals surface area (Å²) in [6, 6.07) is 0. The van der Waals surface area contributed by atoms with Crippen molar-refractivity contribution in [1.29, 1.82) is 0 Å². The number of nitrogens with two attached hydrogens (primary N) is 1. The third kappa shape index (κ3) is 8.65. The van der Waals surface area contributed by atoms with Gasteiger partial charge in [0.05, 0.1) is 13.1 Å². The predicted molar refractivity (Wildman–Crippen MR) is 65.2 cm³/mol. The second kappa shape index (κ2) is 10.0. The molecule has 0 radical (unpaired) electrons. The van der Waals surface area contributed by atoms with Crippen molar-refractivity contribution < 1.29 is 14.7 Å². The minimum Gasteiger partial charge on any atom is -0.396 e. The lowest BCUT2D eigenvalue weighted by Crippen LogP contribution is -2.40. The van der Waals surface area contributed by atoms with Gasteiger partial charge in [-0.3, -0.25) is 9.59 Å². The van der Waals surface area contributed by atoms with Crippen molar-refractivity contribution in [3.05, 3.63) is 0 Å². The molecule has 0 fully saturated rings. The molecule has 0 saturated carbocycles. The van der Waals surface area contributed by atoms with Crippen LogP contribution in [0, 0.1) is 5.92 Å². The second-order valence-electron chi connectivity index (χ2n) is 3.95. The fraction of sp³-hybridized carbons (Fsp3) is 0.818. The Morgan fingerprint density at radius 2 is 1.94 bits per heavy atom. The van der Waals surface area contributed by atoms with Crippen LogP contribution >= 0.6 is 0 Å². The summed E-state index contributed by atoms with van der Waals surface area (Å²) >= 11 is 0. The fourth-order valence-electron chi connectivity index (χ4n) is 1.51. The van der Waals surface area contributed by atoms with Gasteiger partial charge in [-0.05, 0) is 18.8 Å². The van der Waals surface area contributed by atoms with E-state index in [9.17, 15) is 9.59 Å². The zero-order chi connectivity index (χ0) is 13.1. The highest BCUT2D eigenvalue weighted by Crippen LogP contribution is 2.08. The molecule has 0 spiro atoms. The second-order valence-corrected chi connectivity index (χ2v) is 3.95. The van der Waals surface area contributed by atoms with Crippen molar-refractivity contribution in [2.24, 2.45) is 11.7 Å². The van der Waals surface area contributed by atoms with Gasteiger partial charge in [-0.1, -0.05) is 13.3 Å². The first-order valence-electron chi connectivity index (χ1n) is 5.98. The summed E-state index contributed by atoms with van der Waals surface area (Å²) in [6.45, 7) is 2.56. The van der Waals surface area contributed by atoms with Gasteiger partial charge >= 0.3 is 0 Å². The molecule has 17 heavy (non-hydrogen) atoms. The molecule has 6 nitrogen and oxygen atoms in total. The minimum atomic E-state index is -0.347. The predicted octanol–water partition coefficient (Wildman–Crippen LogP) is -1.02. The molecule has 6 heteroatoms. The van der Waals surface area contributed by atoms with E-state index in [2.05, 4.69) is 17.6 Å². The number of carbonyl (C=O) groups is 2. The third-order valence-electron chi connectivity index (χ3n) is 2.45. The van der Waals surface area contributed by atoms with Crippen molar-refractivity contribution in [3.63, 3.8) is 0 Å².